The highest BCUT2D eigenvalue weighted by molar-refractivity contribution is 5.82. The predicted octanol–water partition coefficient (Wildman–Crippen LogP) is 6.75. The molecule has 7 nitrogen and oxygen atoms in total. The van der Waals surface area contributed by atoms with Gasteiger partial charge in [0.05, 0.1) is 17.3 Å². The largest absolute Gasteiger partial charge is 0.510 e. The van der Waals surface area contributed by atoms with Gasteiger partial charge in [-0.3, -0.25) is 5.43 Å². The van der Waals surface area contributed by atoms with E-state index in [2.05, 4.69) is 42.4 Å². The number of para-hydroxylation sites is 1. The van der Waals surface area contributed by atoms with Gasteiger partial charge in [0.1, 0.15) is 23.4 Å². The maximum absolute atomic E-state index is 10.4. The van der Waals surface area contributed by atoms with Gasteiger partial charge in [0.25, 0.3) is 0 Å². The molecular weight excluding hydrogens is 490 g/mol. The van der Waals surface area contributed by atoms with Crippen molar-refractivity contribution in [2.24, 2.45) is 5.10 Å². The highest BCUT2D eigenvalue weighted by atomic mass is 16.5. The number of nitrogens with one attached hydrogen (secondary N) is 1. The lowest BCUT2D eigenvalue weighted by molar-refractivity contribution is -0.0708. The second-order valence-electron chi connectivity index (χ2n) is 11.8. The first kappa shape index (κ1) is 30.5. The van der Waals surface area contributed by atoms with Crippen LogP contribution in [0, 0.1) is 0 Å². The third kappa shape index (κ3) is 9.01. The molecule has 1 saturated heterocycles. The number of allylic oxidation sites excluding steroid dienone is 3. The number of fused-ring (bicyclic) bond motifs is 11. The highest BCUT2D eigenvalue weighted by Gasteiger charge is 2.34. The monoisotopic (exact) mass is 537 g/mol. The summed E-state index contributed by atoms with van der Waals surface area (Å²) in [7, 11) is 0. The second kappa shape index (κ2) is 13.4. The first-order valence-electron chi connectivity index (χ1n) is 13.9. The van der Waals surface area contributed by atoms with Crippen molar-refractivity contribution in [2.75, 3.05) is 19.7 Å². The van der Waals surface area contributed by atoms with Gasteiger partial charge in [-0.1, -0.05) is 37.4 Å². The van der Waals surface area contributed by atoms with Crippen molar-refractivity contribution in [3.05, 3.63) is 72.3 Å². The van der Waals surface area contributed by atoms with Gasteiger partial charge in [-0.05, 0) is 84.9 Å². The molecule has 2 atom stereocenters. The molecule has 2 N–H and O–H groups in total. The zero-order valence-corrected chi connectivity index (χ0v) is 24.6. The molecule has 3 heterocycles. The fourth-order valence-corrected chi connectivity index (χ4v) is 4.83. The van der Waals surface area contributed by atoms with Crippen LogP contribution in [0.25, 0.3) is 5.57 Å². The summed E-state index contributed by atoms with van der Waals surface area (Å²) in [5.74, 6) is 1.59. The van der Waals surface area contributed by atoms with E-state index in [0.29, 0.717) is 6.61 Å². The van der Waals surface area contributed by atoms with Crippen molar-refractivity contribution in [1.82, 2.24) is 10.3 Å². The van der Waals surface area contributed by atoms with Gasteiger partial charge in [0.2, 0.25) is 0 Å². The van der Waals surface area contributed by atoms with Gasteiger partial charge >= 0.3 is 0 Å². The van der Waals surface area contributed by atoms with Crippen LogP contribution in [0.4, 0.5) is 0 Å². The van der Waals surface area contributed by atoms with Crippen LogP contribution in [0.1, 0.15) is 72.8 Å². The van der Waals surface area contributed by atoms with Crippen LogP contribution in [0.3, 0.4) is 0 Å². The van der Waals surface area contributed by atoms with Crippen LogP contribution in [0.2, 0.25) is 0 Å². The van der Waals surface area contributed by atoms with E-state index in [0.717, 1.165) is 67.1 Å². The second-order valence-corrected chi connectivity index (χ2v) is 11.8. The normalized spacial score (nSPS) is 27.1. The summed E-state index contributed by atoms with van der Waals surface area (Å²) in [6.07, 6.45) is 8.45. The molecule has 0 amide bonds. The Hall–Kier alpha value is -3.03. The maximum Gasteiger partial charge on any atom is 0.139 e. The van der Waals surface area contributed by atoms with E-state index in [1.807, 2.05) is 64.1 Å². The Labute approximate surface area is 234 Å². The number of nitrogens with zero attached hydrogens (tertiary/aromatic N) is 2. The zero-order valence-electron chi connectivity index (χ0n) is 24.6. The molecule has 39 heavy (non-hydrogen) atoms. The number of hydrogen-bond acceptors (Lipinski definition) is 7. The molecule has 0 saturated carbocycles. The molecule has 3 aliphatic heterocycles. The molecule has 3 aliphatic rings. The Morgan fingerprint density at radius 1 is 1.26 bits per heavy atom. The lowest BCUT2D eigenvalue weighted by Crippen LogP contribution is -2.46. The number of aliphatic hydroxyl groups is 1. The first-order chi connectivity index (χ1) is 18.4. The van der Waals surface area contributed by atoms with Gasteiger partial charge in [-0.15, -0.1) is 0 Å². The molecule has 0 aliphatic carbocycles. The van der Waals surface area contributed by atoms with Crippen molar-refractivity contribution >= 4 is 11.8 Å². The van der Waals surface area contributed by atoms with E-state index in [-0.39, 0.29) is 17.5 Å². The fraction of sp³-hybridized carbons (Fsp3) is 0.531. The summed E-state index contributed by atoms with van der Waals surface area (Å²) in [5.41, 5.74) is 5.17. The molecule has 0 spiro atoms. The maximum atomic E-state index is 10.4. The molecule has 4 rings (SSSR count). The quantitative estimate of drug-likeness (QED) is 0.416. The molecule has 1 aromatic carbocycles. The fourth-order valence-electron chi connectivity index (χ4n) is 4.83. The summed E-state index contributed by atoms with van der Waals surface area (Å²) < 4.78 is 18.9. The van der Waals surface area contributed by atoms with Crippen molar-refractivity contribution in [3.63, 3.8) is 0 Å². The summed E-state index contributed by atoms with van der Waals surface area (Å²) in [5, 5.41) is 14.9. The smallest absolute Gasteiger partial charge is 0.139 e. The molecule has 0 aromatic heterocycles. The Balaban J connectivity index is 1.93. The van der Waals surface area contributed by atoms with E-state index in [4.69, 9.17) is 14.2 Å². The van der Waals surface area contributed by atoms with E-state index in [9.17, 15) is 5.11 Å². The average molecular weight is 538 g/mol. The van der Waals surface area contributed by atoms with Crippen molar-refractivity contribution in [2.45, 2.75) is 90.6 Å². The highest BCUT2D eigenvalue weighted by Crippen LogP contribution is 2.31. The Kier molecular flexibility index (Phi) is 10.4. The molecule has 7 heteroatoms. The van der Waals surface area contributed by atoms with Gasteiger partial charge in [-0.25, -0.2) is 0 Å². The minimum absolute atomic E-state index is 0.0345. The summed E-state index contributed by atoms with van der Waals surface area (Å²) in [6.45, 7) is 22.4. The summed E-state index contributed by atoms with van der Waals surface area (Å²) >= 11 is 0. The number of aliphatic hydroxyl groups excluding tert-OH is 1. The average Bonchev–Trinajstić information content (AvgIpc) is 2.87. The number of benzene rings is 1. The summed E-state index contributed by atoms with van der Waals surface area (Å²) in [6, 6.07) is 7.97. The van der Waals surface area contributed by atoms with Crippen LogP contribution in [-0.2, 0) is 9.47 Å². The third-order valence-electron chi connectivity index (χ3n) is 7.07. The Morgan fingerprint density at radius 2 is 1.95 bits per heavy atom. The topological polar surface area (TPSA) is 75.6 Å². The lowest BCUT2D eigenvalue weighted by Gasteiger charge is -2.42. The van der Waals surface area contributed by atoms with Crippen LogP contribution in [0.5, 0.6) is 5.75 Å². The van der Waals surface area contributed by atoms with E-state index in [1.165, 1.54) is 0 Å². The molecule has 1 fully saturated rings. The minimum Gasteiger partial charge on any atom is -0.510 e. The number of hydrogen-bond donors (Lipinski definition) is 2. The van der Waals surface area contributed by atoms with Gasteiger partial charge < -0.3 is 24.2 Å². The van der Waals surface area contributed by atoms with Gasteiger partial charge in [-0.2, -0.15) is 5.10 Å². The van der Waals surface area contributed by atoms with E-state index < -0.39 is 11.7 Å². The predicted molar refractivity (Wildman–Crippen MR) is 160 cm³/mol. The molecular formula is C32H47N3O4. The van der Waals surface area contributed by atoms with Crippen molar-refractivity contribution < 1.29 is 19.3 Å². The zero-order chi connectivity index (χ0) is 28.6. The molecule has 2 bridgehead atoms. The number of rotatable bonds is 3. The van der Waals surface area contributed by atoms with E-state index in [1.54, 1.807) is 6.21 Å². The lowest BCUT2D eigenvalue weighted by atomic mass is 9.93. The van der Waals surface area contributed by atoms with Gasteiger partial charge in [0, 0.05) is 37.0 Å². The number of ether oxygens (including phenoxy) is 3. The SMILES string of the molecule is C=C1/C=C/C=N/N/C(=C(\C)[C@H](OC(C)(C)C)C(=C)O)N2CCC(C)(CC2)OCCC[C@@H](C)Oc2ccccc21. The standard InChI is InChI=1S/C32H47N3O4/c1-23-13-11-19-33-34-30(25(3)29(26(4)36)39-31(5,6)7)35-20-17-32(8,18-21-35)37-22-12-14-24(2)38-28-16-10-9-15-27(23)28/h9-11,13,15-16,19,24,29,34,36H,1,4,12,14,17-18,20-22H2,2-3,5-8H3/b13-11+,30-25-,33-19+/t24-,29+/m1/s1. The van der Waals surface area contributed by atoms with Crippen LogP contribution in [-0.4, -0.2) is 59.3 Å². The molecule has 0 unspecified atom stereocenters. The number of piperidine rings is 1. The van der Waals surface area contributed by atoms with E-state index >= 15 is 0 Å². The van der Waals surface area contributed by atoms with Crippen LogP contribution < -0.4 is 10.2 Å². The van der Waals surface area contributed by atoms with Crippen LogP contribution in [0.15, 0.2) is 71.8 Å². The molecule has 1 aromatic rings. The molecule has 214 valence electrons. The Bertz CT molecular complexity index is 1090. The summed E-state index contributed by atoms with van der Waals surface area (Å²) in [4.78, 5) is 2.25. The third-order valence-corrected chi connectivity index (χ3v) is 7.07. The van der Waals surface area contributed by atoms with Gasteiger partial charge in [0.15, 0.2) is 0 Å². The first-order valence-corrected chi connectivity index (χ1v) is 13.9. The minimum atomic E-state index is -0.664. The van der Waals surface area contributed by atoms with Crippen molar-refractivity contribution in [3.8, 4) is 5.75 Å². The van der Waals surface area contributed by atoms with Crippen molar-refractivity contribution in [1.29, 1.82) is 0 Å². The molecule has 0 radical (unpaired) electrons. The Morgan fingerprint density at radius 3 is 2.62 bits per heavy atom. The van der Waals surface area contributed by atoms with Crippen LogP contribution >= 0.6 is 0 Å². The number of hydrazone groups is 1.